The molecule has 15 heavy (non-hydrogen) atoms. The average Bonchev–Trinajstić information content (AvgIpc) is 2.76. The van der Waals surface area contributed by atoms with E-state index in [2.05, 4.69) is 11.1 Å². The second-order valence-electron chi connectivity index (χ2n) is 3.46. The van der Waals surface area contributed by atoms with Crippen molar-refractivity contribution in [3.05, 3.63) is 42.3 Å². The zero-order chi connectivity index (χ0) is 10.3. The summed E-state index contributed by atoms with van der Waals surface area (Å²) in [5.74, 6) is 0.472. The zero-order valence-electron chi connectivity index (χ0n) is 7.90. The average molecular weight is 218 g/mol. The number of hydrogen-bond acceptors (Lipinski definition) is 2. The van der Waals surface area contributed by atoms with Gasteiger partial charge >= 0.3 is 0 Å². The van der Waals surface area contributed by atoms with Crippen molar-refractivity contribution in [1.82, 2.24) is 4.98 Å². The number of nitrogens with zero attached hydrogens (tertiary/aromatic N) is 1. The van der Waals surface area contributed by atoms with Gasteiger partial charge in [-0.2, -0.15) is 0 Å². The fraction of sp³-hybridized carbons (Fsp3) is 0.0833. The van der Waals surface area contributed by atoms with Crippen LogP contribution in [0.1, 0.15) is 5.56 Å². The molecule has 0 amide bonds. The van der Waals surface area contributed by atoms with Crippen molar-refractivity contribution in [3.8, 4) is 11.1 Å². The Morgan fingerprint density at radius 2 is 2.27 bits per heavy atom. The van der Waals surface area contributed by atoms with Crippen LogP contribution in [0.2, 0.25) is 0 Å². The molecule has 74 valence electrons. The van der Waals surface area contributed by atoms with Crippen LogP contribution in [-0.4, -0.2) is 4.98 Å². The van der Waals surface area contributed by atoms with Crippen LogP contribution in [0, 0.1) is 0 Å². The number of rotatable bonds is 1. The standard InChI is InChI=1S/C12H8ClNO/c13-5-8-4-11-10-3-1-2-9(10)7-15-12(11)14-6-8/h1-4,6-7H,5H2. The number of aromatic nitrogens is 1. The van der Waals surface area contributed by atoms with E-state index in [1.54, 1.807) is 12.5 Å². The molecule has 2 nitrogen and oxygen atoms in total. The molecule has 0 radical (unpaired) electrons. The predicted octanol–water partition coefficient (Wildman–Crippen LogP) is 3.67. The van der Waals surface area contributed by atoms with Gasteiger partial charge in [-0.15, -0.1) is 11.6 Å². The third kappa shape index (κ3) is 1.29. The van der Waals surface area contributed by atoms with Gasteiger partial charge in [-0.1, -0.05) is 18.2 Å². The van der Waals surface area contributed by atoms with Crippen LogP contribution < -0.4 is 0 Å². The lowest BCUT2D eigenvalue weighted by Gasteiger charge is -2.04. The van der Waals surface area contributed by atoms with E-state index in [0.29, 0.717) is 11.6 Å². The van der Waals surface area contributed by atoms with E-state index >= 15 is 0 Å². The van der Waals surface area contributed by atoms with Crippen molar-refractivity contribution in [2.45, 2.75) is 5.88 Å². The highest BCUT2D eigenvalue weighted by molar-refractivity contribution is 6.17. The molecule has 2 aliphatic rings. The number of alkyl halides is 1. The Morgan fingerprint density at radius 1 is 1.33 bits per heavy atom. The monoisotopic (exact) mass is 217 g/mol. The Morgan fingerprint density at radius 3 is 3.13 bits per heavy atom. The summed E-state index contributed by atoms with van der Waals surface area (Å²) >= 11 is 5.78. The normalized spacial score (nSPS) is 11.3. The lowest BCUT2D eigenvalue weighted by Crippen LogP contribution is -1.86. The van der Waals surface area contributed by atoms with Gasteiger partial charge in [0, 0.05) is 23.0 Å². The molecule has 0 bridgehead atoms. The molecule has 0 fully saturated rings. The lowest BCUT2D eigenvalue weighted by molar-refractivity contribution is 0.592. The fourth-order valence-corrected chi connectivity index (χ4v) is 1.90. The SMILES string of the molecule is ClCc1cnc2occ3cccc-3c2c1. The molecule has 2 heterocycles. The van der Waals surface area contributed by atoms with E-state index in [4.69, 9.17) is 16.0 Å². The first kappa shape index (κ1) is 8.74. The van der Waals surface area contributed by atoms with E-state index in [-0.39, 0.29) is 0 Å². The molecule has 3 rings (SSSR count). The predicted molar refractivity (Wildman–Crippen MR) is 60.2 cm³/mol. The third-order valence-electron chi connectivity index (χ3n) is 2.50. The summed E-state index contributed by atoms with van der Waals surface area (Å²) in [6, 6.07) is 8.12. The van der Waals surface area contributed by atoms with E-state index in [1.807, 2.05) is 18.2 Å². The Labute approximate surface area is 91.8 Å². The highest BCUT2D eigenvalue weighted by Crippen LogP contribution is 2.31. The number of hydrogen-bond donors (Lipinski definition) is 0. The number of fused-ring (bicyclic) bond motifs is 3. The van der Waals surface area contributed by atoms with Crippen molar-refractivity contribution in [3.63, 3.8) is 0 Å². The topological polar surface area (TPSA) is 26.0 Å². The van der Waals surface area contributed by atoms with Crippen molar-refractivity contribution in [1.29, 1.82) is 0 Å². The first-order valence-corrected chi connectivity index (χ1v) is 5.23. The van der Waals surface area contributed by atoms with Crippen molar-refractivity contribution < 1.29 is 4.42 Å². The maximum absolute atomic E-state index is 5.78. The van der Waals surface area contributed by atoms with Crippen LogP contribution in [0.3, 0.4) is 0 Å². The summed E-state index contributed by atoms with van der Waals surface area (Å²) in [6.45, 7) is 0. The molecular weight excluding hydrogens is 210 g/mol. The molecule has 0 aromatic carbocycles. The summed E-state index contributed by atoms with van der Waals surface area (Å²) in [5, 5.41) is 1.02. The molecule has 0 atom stereocenters. The largest absolute Gasteiger partial charge is 0.445 e. The quantitative estimate of drug-likeness (QED) is 0.582. The maximum atomic E-state index is 5.78. The first-order valence-electron chi connectivity index (χ1n) is 4.69. The van der Waals surface area contributed by atoms with Gasteiger partial charge in [0.1, 0.15) is 6.26 Å². The Balaban J connectivity index is 2.42. The van der Waals surface area contributed by atoms with Gasteiger partial charge in [0.2, 0.25) is 5.71 Å². The first-order chi connectivity index (χ1) is 7.38. The minimum Gasteiger partial charge on any atom is -0.445 e. The second-order valence-corrected chi connectivity index (χ2v) is 3.73. The van der Waals surface area contributed by atoms with Gasteiger partial charge < -0.3 is 4.42 Å². The van der Waals surface area contributed by atoms with Gasteiger partial charge in [0.25, 0.3) is 0 Å². The summed E-state index contributed by atoms with van der Waals surface area (Å²) in [6.07, 6.45) is 3.47. The Bertz CT molecular complexity index is 587. The van der Waals surface area contributed by atoms with Gasteiger partial charge in [0.15, 0.2) is 0 Å². The van der Waals surface area contributed by atoms with Crippen molar-refractivity contribution in [2.24, 2.45) is 0 Å². The Hall–Kier alpha value is -1.54. The molecule has 1 aliphatic carbocycles. The van der Waals surface area contributed by atoms with Crippen LogP contribution in [-0.2, 0) is 5.88 Å². The minimum absolute atomic E-state index is 0.472. The van der Waals surface area contributed by atoms with Gasteiger partial charge in [-0.05, 0) is 17.2 Å². The second kappa shape index (κ2) is 3.24. The van der Waals surface area contributed by atoms with Crippen LogP contribution >= 0.6 is 11.6 Å². The molecule has 0 unspecified atom stereocenters. The fourth-order valence-electron chi connectivity index (χ4n) is 1.76. The zero-order valence-corrected chi connectivity index (χ0v) is 8.66. The minimum atomic E-state index is 0.472. The van der Waals surface area contributed by atoms with Crippen LogP contribution in [0.4, 0.5) is 0 Å². The summed E-state index contributed by atoms with van der Waals surface area (Å²) < 4.78 is 5.43. The molecule has 1 aliphatic heterocycles. The highest BCUT2D eigenvalue weighted by atomic mass is 35.5. The van der Waals surface area contributed by atoms with Gasteiger partial charge in [-0.25, -0.2) is 4.98 Å². The number of halogens is 1. The smallest absolute Gasteiger partial charge is 0.226 e. The summed E-state index contributed by atoms with van der Waals surface area (Å²) in [5.41, 5.74) is 3.92. The van der Waals surface area contributed by atoms with E-state index in [1.165, 1.54) is 0 Å². The molecule has 0 saturated heterocycles. The van der Waals surface area contributed by atoms with Crippen LogP contribution in [0.5, 0.6) is 0 Å². The van der Waals surface area contributed by atoms with Crippen molar-refractivity contribution >= 4 is 22.7 Å². The molecular formula is C12H8ClNO. The van der Waals surface area contributed by atoms with Crippen LogP contribution in [0.15, 0.2) is 41.1 Å². The van der Waals surface area contributed by atoms with Gasteiger partial charge in [-0.3, -0.25) is 0 Å². The molecule has 1 aromatic rings. The molecule has 0 spiro atoms. The molecule has 0 N–H and O–H groups in total. The lowest BCUT2D eigenvalue weighted by atomic mass is 10.1. The van der Waals surface area contributed by atoms with E-state index < -0.39 is 0 Å². The summed E-state index contributed by atoms with van der Waals surface area (Å²) in [7, 11) is 0. The molecule has 1 aromatic heterocycles. The Kier molecular flexibility index (Phi) is 1.89. The van der Waals surface area contributed by atoms with Crippen LogP contribution in [0.25, 0.3) is 22.2 Å². The molecule has 0 saturated carbocycles. The maximum Gasteiger partial charge on any atom is 0.226 e. The molecule has 3 heteroatoms. The van der Waals surface area contributed by atoms with E-state index in [9.17, 15) is 0 Å². The third-order valence-corrected chi connectivity index (χ3v) is 2.81. The van der Waals surface area contributed by atoms with Crippen molar-refractivity contribution in [2.75, 3.05) is 0 Å². The summed E-state index contributed by atoms with van der Waals surface area (Å²) in [4.78, 5) is 4.23. The highest BCUT2D eigenvalue weighted by Gasteiger charge is 2.09. The van der Waals surface area contributed by atoms with E-state index in [0.717, 1.165) is 22.1 Å². The number of pyridine rings is 1. The van der Waals surface area contributed by atoms with Gasteiger partial charge in [0.05, 0.1) is 0 Å².